The first-order chi connectivity index (χ1) is 7.63. The average molecular weight is 219 g/mol. The van der Waals surface area contributed by atoms with Gasteiger partial charge in [0.2, 0.25) is 5.91 Å². The first-order valence-electron chi connectivity index (χ1n) is 5.43. The molecule has 0 radical (unpaired) electrons. The molecule has 0 fully saturated rings. The molecule has 0 heterocycles. The van der Waals surface area contributed by atoms with Crippen LogP contribution in [0.2, 0.25) is 0 Å². The van der Waals surface area contributed by atoms with E-state index in [0.29, 0.717) is 5.75 Å². The fourth-order valence-corrected chi connectivity index (χ4v) is 1.45. The molecule has 0 aliphatic carbocycles. The van der Waals surface area contributed by atoms with E-state index in [1.165, 1.54) is 6.08 Å². The summed E-state index contributed by atoms with van der Waals surface area (Å²) < 4.78 is 0. The van der Waals surface area contributed by atoms with E-state index in [4.69, 9.17) is 5.73 Å². The Balaban J connectivity index is 2.84. The average Bonchev–Trinajstić information content (AvgIpc) is 2.26. The van der Waals surface area contributed by atoms with Gasteiger partial charge in [0.25, 0.3) is 0 Å². The summed E-state index contributed by atoms with van der Waals surface area (Å²) in [6.45, 7) is 2.11. The van der Waals surface area contributed by atoms with Crippen LogP contribution in [-0.2, 0) is 11.2 Å². The Hall–Kier alpha value is -1.77. The van der Waals surface area contributed by atoms with Gasteiger partial charge in [-0.15, -0.1) is 0 Å². The molecule has 1 aromatic carbocycles. The highest BCUT2D eigenvalue weighted by atomic mass is 16.3. The van der Waals surface area contributed by atoms with Crippen LogP contribution in [0.1, 0.15) is 30.9 Å². The molecule has 0 unspecified atom stereocenters. The van der Waals surface area contributed by atoms with Gasteiger partial charge in [-0.1, -0.05) is 19.4 Å². The molecular formula is C13H17NO2. The number of benzene rings is 1. The Morgan fingerprint density at radius 2 is 2.25 bits per heavy atom. The number of phenols is 1. The molecule has 0 atom stereocenters. The topological polar surface area (TPSA) is 63.3 Å². The third-order valence-corrected chi connectivity index (χ3v) is 2.34. The van der Waals surface area contributed by atoms with Gasteiger partial charge in [-0.2, -0.15) is 0 Å². The number of nitrogens with two attached hydrogens (primary N) is 1. The van der Waals surface area contributed by atoms with Crippen molar-refractivity contribution in [3.05, 3.63) is 35.4 Å². The summed E-state index contributed by atoms with van der Waals surface area (Å²) in [5.41, 5.74) is 6.80. The number of amides is 1. The second kappa shape index (κ2) is 5.95. The van der Waals surface area contributed by atoms with E-state index in [-0.39, 0.29) is 0 Å². The zero-order valence-corrected chi connectivity index (χ0v) is 9.44. The highest BCUT2D eigenvalue weighted by Gasteiger charge is 2.01. The lowest BCUT2D eigenvalue weighted by atomic mass is 10.0. The van der Waals surface area contributed by atoms with Gasteiger partial charge < -0.3 is 10.8 Å². The number of aryl methyl sites for hydroxylation is 1. The van der Waals surface area contributed by atoms with Gasteiger partial charge >= 0.3 is 0 Å². The second-order valence-electron chi connectivity index (χ2n) is 3.73. The molecule has 0 aromatic heterocycles. The van der Waals surface area contributed by atoms with Crippen molar-refractivity contribution in [2.75, 3.05) is 0 Å². The molecule has 3 nitrogen and oxygen atoms in total. The second-order valence-corrected chi connectivity index (χ2v) is 3.73. The smallest absolute Gasteiger partial charge is 0.241 e. The third-order valence-electron chi connectivity index (χ3n) is 2.34. The van der Waals surface area contributed by atoms with E-state index >= 15 is 0 Å². The number of hydrogen-bond donors (Lipinski definition) is 2. The van der Waals surface area contributed by atoms with Gasteiger partial charge in [-0.3, -0.25) is 4.79 Å². The number of primary amides is 1. The van der Waals surface area contributed by atoms with Crippen molar-refractivity contribution in [3.63, 3.8) is 0 Å². The van der Waals surface area contributed by atoms with Gasteiger partial charge in [0.15, 0.2) is 0 Å². The number of aromatic hydroxyl groups is 1. The summed E-state index contributed by atoms with van der Waals surface area (Å²) in [7, 11) is 0. The van der Waals surface area contributed by atoms with Gasteiger partial charge in [0, 0.05) is 6.08 Å². The zero-order valence-electron chi connectivity index (χ0n) is 9.44. The van der Waals surface area contributed by atoms with Crippen molar-refractivity contribution >= 4 is 12.0 Å². The number of carbonyl (C=O) groups is 1. The van der Waals surface area contributed by atoms with Crippen molar-refractivity contribution in [1.82, 2.24) is 0 Å². The normalized spacial score (nSPS) is 10.8. The molecule has 1 rings (SSSR count). The summed E-state index contributed by atoms with van der Waals surface area (Å²) in [6.07, 6.45) is 5.94. The molecule has 0 aliphatic heterocycles. The van der Waals surface area contributed by atoms with Gasteiger partial charge in [0.05, 0.1) is 0 Å². The number of phenolic OH excluding ortho intramolecular Hbond substituents is 1. The summed E-state index contributed by atoms with van der Waals surface area (Å²) >= 11 is 0. The molecule has 0 spiro atoms. The number of unbranched alkanes of at least 4 members (excludes halogenated alkanes) is 1. The standard InChI is InChI=1S/C13H17NO2/c1-2-3-4-11-9-10(5-7-12(11)15)6-8-13(14)16/h5-9,15H,2-4H2,1H3,(H2,14,16). The molecule has 0 bridgehead atoms. The minimum Gasteiger partial charge on any atom is -0.508 e. The van der Waals surface area contributed by atoms with Crippen LogP contribution in [0.3, 0.4) is 0 Å². The highest BCUT2D eigenvalue weighted by molar-refractivity contribution is 5.90. The molecule has 0 aliphatic rings. The van der Waals surface area contributed by atoms with Gasteiger partial charge in [0.1, 0.15) is 5.75 Å². The van der Waals surface area contributed by atoms with E-state index in [1.807, 2.05) is 6.07 Å². The van der Waals surface area contributed by atoms with Crippen molar-refractivity contribution in [2.24, 2.45) is 5.73 Å². The predicted octanol–water partition coefficient (Wildman–Crippen LogP) is 2.23. The first kappa shape index (κ1) is 12.3. The van der Waals surface area contributed by atoms with Crippen molar-refractivity contribution < 1.29 is 9.90 Å². The Bertz CT molecular complexity index is 397. The van der Waals surface area contributed by atoms with Crippen LogP contribution in [0, 0.1) is 0 Å². The largest absolute Gasteiger partial charge is 0.508 e. The Morgan fingerprint density at radius 1 is 1.50 bits per heavy atom. The third kappa shape index (κ3) is 3.77. The quantitative estimate of drug-likeness (QED) is 0.746. The molecule has 0 saturated heterocycles. The first-order valence-corrected chi connectivity index (χ1v) is 5.43. The zero-order chi connectivity index (χ0) is 12.0. The lowest BCUT2D eigenvalue weighted by Crippen LogP contribution is -2.05. The van der Waals surface area contributed by atoms with E-state index in [1.54, 1.807) is 18.2 Å². The summed E-state index contributed by atoms with van der Waals surface area (Å²) in [4.78, 5) is 10.6. The van der Waals surface area contributed by atoms with E-state index in [0.717, 1.165) is 30.4 Å². The van der Waals surface area contributed by atoms with E-state index in [9.17, 15) is 9.90 Å². The van der Waals surface area contributed by atoms with E-state index in [2.05, 4.69) is 6.92 Å². The van der Waals surface area contributed by atoms with Crippen LogP contribution in [0.15, 0.2) is 24.3 Å². The van der Waals surface area contributed by atoms with Crippen LogP contribution in [-0.4, -0.2) is 11.0 Å². The molecule has 3 heteroatoms. The van der Waals surface area contributed by atoms with Gasteiger partial charge in [-0.05, 0) is 42.2 Å². The molecule has 86 valence electrons. The Labute approximate surface area is 95.6 Å². The van der Waals surface area contributed by atoms with Crippen LogP contribution < -0.4 is 5.73 Å². The maximum atomic E-state index is 10.6. The summed E-state index contributed by atoms with van der Waals surface area (Å²) in [6, 6.07) is 5.28. The fourth-order valence-electron chi connectivity index (χ4n) is 1.45. The van der Waals surface area contributed by atoms with Gasteiger partial charge in [-0.25, -0.2) is 0 Å². The molecule has 0 saturated carbocycles. The van der Waals surface area contributed by atoms with Crippen molar-refractivity contribution in [3.8, 4) is 5.75 Å². The minimum atomic E-state index is -0.469. The molecule has 1 aromatic rings. The molecule has 1 amide bonds. The van der Waals surface area contributed by atoms with Crippen LogP contribution >= 0.6 is 0 Å². The highest BCUT2D eigenvalue weighted by Crippen LogP contribution is 2.21. The number of carbonyl (C=O) groups excluding carboxylic acids is 1. The van der Waals surface area contributed by atoms with Crippen molar-refractivity contribution in [2.45, 2.75) is 26.2 Å². The monoisotopic (exact) mass is 219 g/mol. The SMILES string of the molecule is CCCCc1cc(C=CC(N)=O)ccc1O. The predicted molar refractivity (Wildman–Crippen MR) is 64.9 cm³/mol. The molecular weight excluding hydrogens is 202 g/mol. The number of hydrogen-bond acceptors (Lipinski definition) is 2. The molecule has 16 heavy (non-hydrogen) atoms. The summed E-state index contributed by atoms with van der Waals surface area (Å²) in [5.74, 6) is -0.159. The van der Waals surface area contributed by atoms with Crippen molar-refractivity contribution in [1.29, 1.82) is 0 Å². The summed E-state index contributed by atoms with van der Waals surface area (Å²) in [5, 5.41) is 9.62. The van der Waals surface area contributed by atoms with Crippen LogP contribution in [0.25, 0.3) is 6.08 Å². The minimum absolute atomic E-state index is 0.310. The van der Waals surface area contributed by atoms with E-state index < -0.39 is 5.91 Å². The Morgan fingerprint density at radius 3 is 2.88 bits per heavy atom. The Kier molecular flexibility index (Phi) is 4.58. The lowest BCUT2D eigenvalue weighted by molar-refractivity contribution is -0.113. The maximum absolute atomic E-state index is 10.6. The number of rotatable bonds is 5. The lowest BCUT2D eigenvalue weighted by Gasteiger charge is -2.04. The van der Waals surface area contributed by atoms with Crippen LogP contribution in [0.4, 0.5) is 0 Å². The molecule has 3 N–H and O–H groups in total. The fraction of sp³-hybridized carbons (Fsp3) is 0.308. The maximum Gasteiger partial charge on any atom is 0.241 e. The van der Waals surface area contributed by atoms with Crippen LogP contribution in [0.5, 0.6) is 5.75 Å².